The highest BCUT2D eigenvalue weighted by atomic mass is 35.5. The first-order valence-corrected chi connectivity index (χ1v) is 33.4. The van der Waals surface area contributed by atoms with Crippen molar-refractivity contribution in [2.24, 2.45) is 5.92 Å². The summed E-state index contributed by atoms with van der Waals surface area (Å²) >= 11 is 12.0. The largest absolute Gasteiger partial charge is 0.375 e. The number of likely N-dealkylation sites (N-methyl/N-ethyl adjacent to an activating group) is 3. The van der Waals surface area contributed by atoms with Crippen LogP contribution in [0.5, 0.6) is 0 Å². The van der Waals surface area contributed by atoms with Crippen molar-refractivity contribution < 1.29 is 23.9 Å². The molecule has 11 nitrogen and oxygen atoms in total. The lowest BCUT2D eigenvalue weighted by Gasteiger charge is -2.49. The summed E-state index contributed by atoms with van der Waals surface area (Å²) in [5, 5.41) is 1.04. The Hall–Kier alpha value is -3.55. The van der Waals surface area contributed by atoms with Crippen molar-refractivity contribution in [1.82, 2.24) is 29.4 Å². The molecule has 3 aromatic carbocycles. The molecular weight excluding hydrogens is 1060 g/mol. The predicted octanol–water partition coefficient (Wildman–Crippen LogP) is 13.4. The topological polar surface area (TPSA) is 89.1 Å². The van der Waals surface area contributed by atoms with E-state index in [4.69, 9.17) is 32.7 Å². The zero-order chi connectivity index (χ0) is 58.1. The Kier molecular flexibility index (Phi) is 24.9. The maximum atomic E-state index is 13.2. The van der Waals surface area contributed by atoms with Crippen LogP contribution in [0.2, 0.25) is 10.0 Å². The minimum absolute atomic E-state index is 0.0606. The lowest BCUT2D eigenvalue weighted by molar-refractivity contribution is -0.139. The summed E-state index contributed by atoms with van der Waals surface area (Å²) in [6.45, 7) is 21.4. The summed E-state index contributed by atoms with van der Waals surface area (Å²) in [6.07, 6.45) is 25.4. The molecule has 9 unspecified atom stereocenters. The van der Waals surface area contributed by atoms with Crippen LogP contribution in [0.4, 0.5) is 0 Å². The Morgan fingerprint density at radius 3 is 1.45 bits per heavy atom. The van der Waals surface area contributed by atoms with E-state index in [0.29, 0.717) is 71.5 Å². The van der Waals surface area contributed by atoms with Crippen LogP contribution >= 0.6 is 23.2 Å². The van der Waals surface area contributed by atoms with Gasteiger partial charge < -0.3 is 24.2 Å². The van der Waals surface area contributed by atoms with Gasteiger partial charge in [-0.2, -0.15) is 0 Å². The number of rotatable bonds is 14. The number of likely N-dealkylation sites (tertiary alicyclic amines) is 3. The van der Waals surface area contributed by atoms with Gasteiger partial charge in [0.15, 0.2) is 0 Å². The molecule has 0 aromatic heterocycles. The predicted molar refractivity (Wildman–Crippen MR) is 336 cm³/mol. The lowest BCUT2D eigenvalue weighted by Crippen LogP contribution is -2.59. The Labute approximate surface area is 505 Å². The molecule has 13 heteroatoms. The van der Waals surface area contributed by atoms with Crippen LogP contribution < -0.4 is 0 Å². The van der Waals surface area contributed by atoms with Crippen LogP contribution in [0.15, 0.2) is 78.9 Å². The first-order chi connectivity index (χ1) is 39.8. The Morgan fingerprint density at radius 1 is 0.512 bits per heavy atom. The van der Waals surface area contributed by atoms with E-state index < -0.39 is 0 Å². The number of amides is 3. The average molecular weight is 1170 g/mol. The highest BCUT2D eigenvalue weighted by Gasteiger charge is 2.50. The molecule has 3 aliphatic carbocycles. The van der Waals surface area contributed by atoms with Crippen LogP contribution in [0.1, 0.15) is 180 Å². The molecule has 5 heterocycles. The molecule has 9 atom stereocenters. The third-order valence-corrected chi connectivity index (χ3v) is 20.4. The molecule has 454 valence electrons. The zero-order valence-electron chi connectivity index (χ0n) is 51.4. The van der Waals surface area contributed by atoms with E-state index >= 15 is 0 Å². The van der Waals surface area contributed by atoms with Gasteiger partial charge in [-0.25, -0.2) is 0 Å². The van der Waals surface area contributed by atoms with Gasteiger partial charge in [0.2, 0.25) is 17.7 Å². The number of hydrogen-bond donors (Lipinski definition) is 0. The minimum Gasteiger partial charge on any atom is -0.375 e. The average Bonchev–Trinajstić information content (AvgIpc) is 4.52. The first kappa shape index (κ1) is 64.4. The van der Waals surface area contributed by atoms with Crippen LogP contribution in [0, 0.1) is 5.92 Å². The van der Waals surface area contributed by atoms with Crippen LogP contribution in [-0.4, -0.2) is 167 Å². The van der Waals surface area contributed by atoms with Crippen molar-refractivity contribution in [2.45, 2.75) is 230 Å². The molecule has 5 aliphatic heterocycles. The molecule has 0 bridgehead atoms. The molecule has 0 N–H and O–H groups in total. The summed E-state index contributed by atoms with van der Waals surface area (Å²) < 4.78 is 12.6. The molecule has 8 aliphatic rings. The Balaban J connectivity index is 0.000000158. The Morgan fingerprint density at radius 2 is 0.988 bits per heavy atom. The van der Waals surface area contributed by atoms with E-state index in [1.165, 1.54) is 123 Å². The van der Waals surface area contributed by atoms with Gasteiger partial charge in [-0.05, 0) is 197 Å². The molecule has 5 saturated heterocycles. The van der Waals surface area contributed by atoms with Gasteiger partial charge in [-0.15, -0.1) is 0 Å². The van der Waals surface area contributed by atoms with E-state index in [1.54, 1.807) is 12.1 Å². The molecule has 3 aromatic rings. The molecular formula is C69H104Cl2N6O5. The number of hydrogen-bond acceptors (Lipinski definition) is 8. The summed E-state index contributed by atoms with van der Waals surface area (Å²) in [4.78, 5) is 53.5. The number of benzene rings is 3. The third kappa shape index (κ3) is 17.1. The molecule has 8 fully saturated rings. The molecule has 82 heavy (non-hydrogen) atoms. The molecule has 3 saturated carbocycles. The van der Waals surface area contributed by atoms with Crippen molar-refractivity contribution in [1.29, 1.82) is 0 Å². The molecule has 3 amide bonds. The molecule has 2 spiro atoms. The van der Waals surface area contributed by atoms with Gasteiger partial charge >= 0.3 is 0 Å². The van der Waals surface area contributed by atoms with Gasteiger partial charge in [-0.1, -0.05) is 130 Å². The maximum Gasteiger partial charge on any atom is 0.227 e. The van der Waals surface area contributed by atoms with Gasteiger partial charge in [0.05, 0.1) is 40.5 Å². The smallest absolute Gasteiger partial charge is 0.227 e. The summed E-state index contributed by atoms with van der Waals surface area (Å²) in [5.41, 5.74) is 3.31. The van der Waals surface area contributed by atoms with Gasteiger partial charge in [-0.3, -0.25) is 29.1 Å². The number of ether oxygens (including phenoxy) is 2. The van der Waals surface area contributed by atoms with Crippen molar-refractivity contribution in [3.8, 4) is 0 Å². The summed E-state index contributed by atoms with van der Waals surface area (Å²) in [7, 11) is 1.97. The quantitative estimate of drug-likeness (QED) is 0.158. The highest BCUT2D eigenvalue weighted by molar-refractivity contribution is 6.42. The number of carbonyl (C=O) groups excluding carboxylic acids is 3. The fraction of sp³-hybridized carbons (Fsp3) is 0.696. The van der Waals surface area contributed by atoms with Crippen molar-refractivity contribution in [3.63, 3.8) is 0 Å². The lowest BCUT2D eigenvalue weighted by atomic mass is 9.75. The third-order valence-electron chi connectivity index (χ3n) is 19.7. The minimum atomic E-state index is 0.0606. The number of carbonyl (C=O) groups is 3. The fourth-order valence-corrected chi connectivity index (χ4v) is 16.0. The second-order valence-corrected chi connectivity index (χ2v) is 26.5. The zero-order valence-corrected chi connectivity index (χ0v) is 52.9. The van der Waals surface area contributed by atoms with Crippen LogP contribution in [0.3, 0.4) is 0 Å². The number of halogens is 2. The second-order valence-electron chi connectivity index (χ2n) is 25.7. The van der Waals surface area contributed by atoms with Gasteiger partial charge in [0.25, 0.3) is 0 Å². The van der Waals surface area contributed by atoms with Crippen molar-refractivity contribution >= 4 is 40.9 Å². The molecule has 0 radical (unpaired) electrons. The number of nitrogens with zero attached hydrogens (tertiary/aromatic N) is 6. The van der Waals surface area contributed by atoms with E-state index in [0.717, 1.165) is 87.9 Å². The van der Waals surface area contributed by atoms with E-state index in [-0.39, 0.29) is 28.9 Å². The van der Waals surface area contributed by atoms with Crippen LogP contribution in [0.25, 0.3) is 0 Å². The first-order valence-electron chi connectivity index (χ1n) is 32.6. The van der Waals surface area contributed by atoms with E-state index in [9.17, 15) is 14.4 Å². The van der Waals surface area contributed by atoms with Gasteiger partial charge in [0.1, 0.15) is 0 Å². The standard InChI is InChI=1S/C24H36N2O2.C23H34N2O2.C19H26Cl2N2O.C3H8/c1-3-26(23(27)15-20-9-5-4-6-10-20)21-11-12-24(16-19(2)18-28-24)17-22(21)25-13-7-8-14-25;1-2-25(22(26)17-19-9-4-3-5-10-19)20-11-13-23(12-8-16-27-23)18-21(20)24-14-6-7-15-24;1-22(19(24)13-14-8-9-15(20)16(21)12-14)17-6-2-3-7-18(17)23-10-4-5-11-23;1-3-2/h4-6,9-10,19,21-22H,3,7-8,11-18H2,1-2H3;3-5,9-10,20-21H,2,6-8,11-18H2,1H3;8-9,12,17-18H,2-7,10-11,13H2,1H3;3H2,1-2H3. The normalized spacial score (nSPS) is 29.3. The molecule has 11 rings (SSSR count). The van der Waals surface area contributed by atoms with Gasteiger partial charge in [0, 0.05) is 69.6 Å². The second kappa shape index (κ2) is 31.7. The van der Waals surface area contributed by atoms with Crippen molar-refractivity contribution in [2.75, 3.05) is 72.6 Å². The summed E-state index contributed by atoms with van der Waals surface area (Å²) in [5.74, 6) is 1.39. The van der Waals surface area contributed by atoms with E-state index in [2.05, 4.69) is 83.4 Å². The summed E-state index contributed by atoms with van der Waals surface area (Å²) in [6, 6.07) is 28.2. The fourth-order valence-electron chi connectivity index (χ4n) is 15.7. The van der Waals surface area contributed by atoms with E-state index in [1.807, 2.05) is 54.4 Å². The maximum absolute atomic E-state index is 13.2. The van der Waals surface area contributed by atoms with Crippen molar-refractivity contribution in [3.05, 3.63) is 106 Å². The Bertz CT molecular complexity index is 2410. The monoisotopic (exact) mass is 1170 g/mol. The van der Waals surface area contributed by atoms with Crippen LogP contribution in [-0.2, 0) is 43.1 Å². The highest BCUT2D eigenvalue weighted by Crippen LogP contribution is 2.46. The SMILES string of the molecule is CCC.CCN(C(=O)Cc1ccccc1)C1CCC2(CC(C)CO2)CC1N1CCCC1.CCN(C(=O)Cc1ccccc1)C1CCC2(CCCO2)CC1N1CCCC1.CN(C(=O)Cc1ccc(Cl)c(Cl)c1)C1CCCCC1N1CCCC1.